The highest BCUT2D eigenvalue weighted by Gasteiger charge is 2.35. The van der Waals surface area contributed by atoms with Crippen molar-refractivity contribution in [2.24, 2.45) is 4.99 Å². The van der Waals surface area contributed by atoms with Crippen molar-refractivity contribution in [2.45, 2.75) is 37.8 Å². The van der Waals surface area contributed by atoms with Crippen LogP contribution < -0.4 is 42.0 Å². The van der Waals surface area contributed by atoms with E-state index in [1.807, 2.05) is 0 Å². The number of halogens is 3. The Balaban J connectivity index is 0.948. The molecule has 31 nitrogen and oxygen atoms in total. The third-order valence-electron chi connectivity index (χ3n) is 11.2. The zero-order chi connectivity index (χ0) is 58.6. The van der Waals surface area contributed by atoms with Gasteiger partial charge in [-0.1, -0.05) is 18.5 Å². The molecule has 0 unspecified atom stereocenters. The molecule has 11 N–H and O–H groups in total. The largest absolute Gasteiger partial charge is 0.451 e. The van der Waals surface area contributed by atoms with Crippen molar-refractivity contribution < 1.29 is 74.0 Å². The lowest BCUT2D eigenvalue weighted by Gasteiger charge is -2.28. The van der Waals surface area contributed by atoms with Gasteiger partial charge in [0.25, 0.3) is 40.5 Å². The lowest BCUT2D eigenvalue weighted by atomic mass is 10.0. The molecule has 0 radical (unpaired) electrons. The molecule has 2 aliphatic heterocycles. The molecule has 0 atom stereocenters. The van der Waals surface area contributed by atoms with Crippen molar-refractivity contribution in [3.63, 3.8) is 0 Å². The molecule has 0 spiro atoms. The Morgan fingerprint density at radius 2 is 1.16 bits per heavy atom. The highest BCUT2D eigenvalue weighted by molar-refractivity contribution is 7.87. The van der Waals surface area contributed by atoms with Gasteiger partial charge in [0.05, 0.1) is 38.8 Å². The van der Waals surface area contributed by atoms with Crippen LogP contribution in [-0.4, -0.2) is 126 Å². The van der Waals surface area contributed by atoms with E-state index in [1.165, 1.54) is 36.4 Å². The van der Waals surface area contributed by atoms with Crippen LogP contribution >= 0.6 is 34.8 Å². The quantitative estimate of drug-likeness (QED) is 0.0254. The molecule has 39 heteroatoms. The molecule has 0 saturated carbocycles. The molecule has 4 aromatic carbocycles. The van der Waals surface area contributed by atoms with E-state index in [1.54, 1.807) is 6.92 Å². The number of nitrogens with zero attached hydrogens (tertiary/aromatic N) is 8. The van der Waals surface area contributed by atoms with Crippen LogP contribution in [0.4, 0.5) is 52.2 Å². The third kappa shape index (κ3) is 12.9. The summed E-state index contributed by atoms with van der Waals surface area (Å²) in [6, 6.07) is 12.5. The second-order valence-corrected chi connectivity index (χ2v) is 24.5. The van der Waals surface area contributed by atoms with E-state index in [2.05, 4.69) is 71.8 Å². The summed E-state index contributed by atoms with van der Waals surface area (Å²) in [5.41, 5.74) is -0.176. The summed E-state index contributed by atoms with van der Waals surface area (Å²) in [5.74, 6) is -1.56. The summed E-state index contributed by atoms with van der Waals surface area (Å²) in [6.07, 6.45) is 0.121. The Hall–Kier alpha value is -7.46. The lowest BCUT2D eigenvalue weighted by molar-refractivity contribution is 0.446. The number of benzene rings is 5. The van der Waals surface area contributed by atoms with Crippen LogP contribution in [0.15, 0.2) is 101 Å². The summed E-state index contributed by atoms with van der Waals surface area (Å²) in [6.45, 7) is 1.30. The normalized spacial score (nSPS) is 13.0. The molecule has 4 heterocycles. The minimum Gasteiger partial charge on any atom is -0.451 e. The van der Waals surface area contributed by atoms with Gasteiger partial charge in [0.1, 0.15) is 26.8 Å². The Morgan fingerprint density at radius 3 is 1.77 bits per heavy atom. The summed E-state index contributed by atoms with van der Waals surface area (Å²) in [5, 5.41) is 15.7. The van der Waals surface area contributed by atoms with Crippen molar-refractivity contribution in [3.8, 4) is 23.0 Å². The van der Waals surface area contributed by atoms with E-state index >= 15 is 0 Å². The predicted octanol–water partition coefficient (Wildman–Crippen LogP) is 5.93. The topological polar surface area (TPSA) is 469 Å². The molecule has 81 heavy (non-hydrogen) atoms. The highest BCUT2D eigenvalue weighted by Crippen LogP contribution is 2.54. The number of nitrogens with one attached hydrogen (secondary N) is 6. The SMILES string of the molecule is CCc1c2c(c(Cl)c3oc4c(S(=O)(=O)O)c(=NCCNc5nc(Cl)nc(Nc6ccc(S(=O)(=O)O)cc6S(=O)(=O)O)n5)ccc-4nc13)Nc1ccc(NCCNc3nc(Cl)nc(Nc4ccc(S(=O)(=O)O)cc4)n3)c(S(=O)(=O)O)c1O2. The van der Waals surface area contributed by atoms with E-state index in [-0.39, 0.29) is 122 Å². The lowest BCUT2D eigenvalue weighted by Crippen LogP contribution is -2.20. The van der Waals surface area contributed by atoms with Gasteiger partial charge >= 0.3 is 10.1 Å². The molecule has 0 fully saturated rings. The molecular formula is C42H35Cl3N14O17S5. The molecule has 0 saturated heterocycles. The predicted molar refractivity (Wildman–Crippen MR) is 289 cm³/mol. The maximum atomic E-state index is 13.1. The first-order valence-electron chi connectivity index (χ1n) is 22.4. The summed E-state index contributed by atoms with van der Waals surface area (Å²) in [7, 11) is -24.6. The standard InChI is InChI=1S/C42H35Cl3N14O17S5/c1-2-21-29-34(76-33-23(51-29)9-11-26(36(33)81(72,73)74)47-14-16-49-40-55-38(45)57-42(59-40)53-22-8-7-20(78(63,64)65)17-27(22)79(66,67)68)28(43)30-31(21)75-32-24(52-30)10-12-25(35(32)80(69,70)71)46-13-15-48-39-54-37(44)56-41(58-39)50-18-3-5-19(6-4-18)77(60,61)62/h3-12,17,46,52H,2,13-16H2,1H3,(H,60,61,62)(H,63,64,65)(H,66,67,68)(H,69,70,71)(H,72,73,74)(H2,48,50,54,56,58)(H2,49,53,55,57,59). The van der Waals surface area contributed by atoms with Gasteiger partial charge in [-0.15, -0.1) is 0 Å². The monoisotopic (exact) mass is 1270 g/mol. The Labute approximate surface area is 471 Å². The molecular weight excluding hydrogens is 1240 g/mol. The first-order chi connectivity index (χ1) is 38.0. The molecule has 9 rings (SSSR count). The summed E-state index contributed by atoms with van der Waals surface area (Å²) < 4.78 is 184. The molecule has 0 amide bonds. The van der Waals surface area contributed by atoms with Gasteiger partial charge in [-0.2, -0.15) is 72.0 Å². The third-order valence-corrected chi connectivity index (χ3v) is 16.3. The van der Waals surface area contributed by atoms with Crippen molar-refractivity contribution in [2.75, 3.05) is 58.1 Å². The molecule has 1 aliphatic carbocycles. The van der Waals surface area contributed by atoms with E-state index in [0.29, 0.717) is 11.8 Å². The summed E-state index contributed by atoms with van der Waals surface area (Å²) >= 11 is 19.1. The first-order valence-corrected chi connectivity index (χ1v) is 30.7. The fraction of sp³-hybridized carbons (Fsp3) is 0.143. The number of aromatic nitrogens is 7. The highest BCUT2D eigenvalue weighted by atomic mass is 35.5. The van der Waals surface area contributed by atoms with E-state index in [9.17, 15) is 64.9 Å². The number of fused-ring (bicyclic) bond motifs is 4. The van der Waals surface area contributed by atoms with Gasteiger partial charge < -0.3 is 41.1 Å². The number of anilines is 9. The van der Waals surface area contributed by atoms with Crippen molar-refractivity contribution >= 4 is 149 Å². The van der Waals surface area contributed by atoms with E-state index in [4.69, 9.17) is 44.0 Å². The fourth-order valence-electron chi connectivity index (χ4n) is 7.82. The molecule has 6 aromatic rings. The zero-order valence-corrected chi connectivity index (χ0v) is 46.6. The average molecular weight is 1270 g/mol. The van der Waals surface area contributed by atoms with E-state index < -0.39 is 92.9 Å². The number of hydrogen-bond donors (Lipinski definition) is 11. The number of ether oxygens (including phenoxy) is 1. The van der Waals surface area contributed by atoms with E-state index in [0.717, 1.165) is 24.3 Å². The molecule has 3 aliphatic rings. The van der Waals surface area contributed by atoms with Crippen molar-refractivity contribution in [1.82, 2.24) is 34.9 Å². The van der Waals surface area contributed by atoms with Crippen LogP contribution in [0.3, 0.4) is 0 Å². The minimum atomic E-state index is -5.16. The Bertz CT molecular complexity index is 4530. The van der Waals surface area contributed by atoms with Crippen LogP contribution in [0.25, 0.3) is 22.6 Å². The second-order valence-electron chi connectivity index (χ2n) is 16.5. The van der Waals surface area contributed by atoms with Gasteiger partial charge in [0.2, 0.25) is 34.4 Å². The second kappa shape index (κ2) is 22.1. The van der Waals surface area contributed by atoms with Crippen LogP contribution in [0.5, 0.6) is 11.5 Å². The fourth-order valence-corrected chi connectivity index (χ4v) is 11.7. The molecule has 2 aromatic heterocycles. The van der Waals surface area contributed by atoms with Crippen LogP contribution in [-0.2, 0) is 57.0 Å². The van der Waals surface area contributed by atoms with Gasteiger partial charge in [-0.3, -0.25) is 27.8 Å². The van der Waals surface area contributed by atoms with Gasteiger partial charge in [0, 0.05) is 30.9 Å². The number of rotatable bonds is 19. The average Bonchev–Trinajstić information content (AvgIpc) is 3.58. The van der Waals surface area contributed by atoms with Crippen molar-refractivity contribution in [1.29, 1.82) is 0 Å². The molecule has 0 bridgehead atoms. The van der Waals surface area contributed by atoms with Gasteiger partial charge in [-0.25, -0.2) is 4.98 Å². The number of aryl methyl sites for hydroxylation is 1. The number of hydrogen-bond acceptors (Lipinski definition) is 26. The van der Waals surface area contributed by atoms with Gasteiger partial charge in [0.15, 0.2) is 32.6 Å². The Morgan fingerprint density at radius 1 is 0.580 bits per heavy atom. The zero-order valence-electron chi connectivity index (χ0n) is 40.3. The van der Waals surface area contributed by atoms with Crippen LogP contribution in [0.1, 0.15) is 12.5 Å². The molecule has 426 valence electrons. The smallest absolute Gasteiger partial charge is 0.300 e. The Kier molecular flexibility index (Phi) is 15.9. The van der Waals surface area contributed by atoms with Crippen molar-refractivity contribution in [3.05, 3.63) is 93.2 Å². The van der Waals surface area contributed by atoms with Gasteiger partial charge in [-0.05, 0) is 96.4 Å². The first kappa shape index (κ1) is 58.2. The summed E-state index contributed by atoms with van der Waals surface area (Å²) in [4.78, 5) is 29.3. The van der Waals surface area contributed by atoms with Crippen LogP contribution in [0.2, 0.25) is 15.6 Å². The maximum Gasteiger partial charge on any atom is 0.300 e. The minimum absolute atomic E-state index is 0.00271. The maximum absolute atomic E-state index is 13.1. The van der Waals surface area contributed by atoms with Crippen LogP contribution in [0, 0.1) is 0 Å².